The topological polar surface area (TPSA) is 33.3 Å². The van der Waals surface area contributed by atoms with Crippen LogP contribution in [0.5, 0.6) is 5.75 Å². The first-order valence-electron chi connectivity index (χ1n) is 5.90. The van der Waals surface area contributed by atoms with Crippen LogP contribution < -0.4 is 15.4 Å². The molecule has 16 heavy (non-hydrogen) atoms. The Morgan fingerprint density at radius 1 is 1.38 bits per heavy atom. The van der Waals surface area contributed by atoms with Gasteiger partial charge >= 0.3 is 0 Å². The van der Waals surface area contributed by atoms with Crippen molar-refractivity contribution in [1.82, 2.24) is 10.6 Å². The van der Waals surface area contributed by atoms with E-state index >= 15 is 0 Å². The summed E-state index contributed by atoms with van der Waals surface area (Å²) in [6.45, 7) is 4.42. The van der Waals surface area contributed by atoms with Crippen LogP contribution in [0.4, 0.5) is 0 Å². The van der Waals surface area contributed by atoms with E-state index in [1.54, 1.807) is 7.11 Å². The predicted molar refractivity (Wildman–Crippen MR) is 65.8 cm³/mol. The van der Waals surface area contributed by atoms with E-state index in [9.17, 15) is 0 Å². The van der Waals surface area contributed by atoms with Crippen molar-refractivity contribution in [2.24, 2.45) is 0 Å². The van der Waals surface area contributed by atoms with Gasteiger partial charge in [-0.15, -0.1) is 0 Å². The summed E-state index contributed by atoms with van der Waals surface area (Å²) in [7, 11) is 1.70. The van der Waals surface area contributed by atoms with Crippen LogP contribution in [0.15, 0.2) is 24.3 Å². The molecule has 3 nitrogen and oxygen atoms in total. The molecule has 0 spiro atoms. The molecule has 2 rings (SSSR count). The van der Waals surface area contributed by atoms with Gasteiger partial charge in [0.15, 0.2) is 0 Å². The second-order valence-corrected chi connectivity index (χ2v) is 4.35. The van der Waals surface area contributed by atoms with Gasteiger partial charge in [0.25, 0.3) is 0 Å². The van der Waals surface area contributed by atoms with Crippen LogP contribution in [0.1, 0.15) is 24.9 Å². The van der Waals surface area contributed by atoms with Gasteiger partial charge in [0.2, 0.25) is 0 Å². The van der Waals surface area contributed by atoms with E-state index in [4.69, 9.17) is 4.74 Å². The number of benzene rings is 1. The van der Waals surface area contributed by atoms with Crippen LogP contribution >= 0.6 is 0 Å². The van der Waals surface area contributed by atoms with Crippen molar-refractivity contribution in [2.75, 3.05) is 20.2 Å². The number of hydrogen-bond acceptors (Lipinski definition) is 3. The fourth-order valence-electron chi connectivity index (χ4n) is 2.14. The standard InChI is InChI=1S/C13H20N2O/c1-10(15-12-7-8-14-9-12)11-3-5-13(16-2)6-4-11/h3-6,10,12,14-15H,7-9H2,1-2H3. The van der Waals surface area contributed by atoms with Gasteiger partial charge in [0, 0.05) is 18.6 Å². The van der Waals surface area contributed by atoms with E-state index in [0.29, 0.717) is 12.1 Å². The Labute approximate surface area is 97.2 Å². The molecular formula is C13H20N2O. The van der Waals surface area contributed by atoms with Crippen LogP contribution in [0.25, 0.3) is 0 Å². The highest BCUT2D eigenvalue weighted by Crippen LogP contribution is 2.18. The van der Waals surface area contributed by atoms with Gasteiger partial charge in [-0.3, -0.25) is 0 Å². The third-order valence-corrected chi connectivity index (χ3v) is 3.16. The average Bonchev–Trinajstić information content (AvgIpc) is 2.82. The minimum atomic E-state index is 0.399. The van der Waals surface area contributed by atoms with Crippen LogP contribution in [-0.4, -0.2) is 26.2 Å². The van der Waals surface area contributed by atoms with E-state index in [1.165, 1.54) is 12.0 Å². The maximum Gasteiger partial charge on any atom is 0.118 e. The van der Waals surface area contributed by atoms with Gasteiger partial charge in [-0.2, -0.15) is 0 Å². The van der Waals surface area contributed by atoms with Gasteiger partial charge in [0.05, 0.1) is 7.11 Å². The molecule has 0 saturated carbocycles. The van der Waals surface area contributed by atoms with Gasteiger partial charge in [-0.05, 0) is 37.6 Å². The molecule has 0 amide bonds. The largest absolute Gasteiger partial charge is 0.497 e. The van der Waals surface area contributed by atoms with E-state index < -0.39 is 0 Å². The summed E-state index contributed by atoms with van der Waals surface area (Å²) in [5, 5.41) is 6.99. The summed E-state index contributed by atoms with van der Waals surface area (Å²) in [5.74, 6) is 0.915. The Morgan fingerprint density at radius 2 is 2.12 bits per heavy atom. The maximum atomic E-state index is 5.15. The van der Waals surface area contributed by atoms with Crippen molar-refractivity contribution in [2.45, 2.75) is 25.4 Å². The zero-order valence-electron chi connectivity index (χ0n) is 9.99. The number of methoxy groups -OCH3 is 1. The molecule has 0 bridgehead atoms. The van der Waals surface area contributed by atoms with Crippen LogP contribution in [-0.2, 0) is 0 Å². The highest BCUT2D eigenvalue weighted by molar-refractivity contribution is 5.28. The van der Waals surface area contributed by atoms with E-state index in [2.05, 4.69) is 29.7 Å². The number of rotatable bonds is 4. The molecule has 2 N–H and O–H groups in total. The molecule has 0 aromatic heterocycles. The predicted octanol–water partition coefficient (Wildman–Crippen LogP) is 1.71. The fourth-order valence-corrected chi connectivity index (χ4v) is 2.14. The molecule has 1 aromatic carbocycles. The lowest BCUT2D eigenvalue weighted by atomic mass is 10.1. The van der Waals surface area contributed by atoms with Gasteiger partial charge in [-0.25, -0.2) is 0 Å². The maximum absolute atomic E-state index is 5.15. The van der Waals surface area contributed by atoms with Gasteiger partial charge in [-0.1, -0.05) is 12.1 Å². The first-order chi connectivity index (χ1) is 7.79. The lowest BCUT2D eigenvalue weighted by molar-refractivity contribution is 0.414. The Kier molecular flexibility index (Phi) is 3.80. The zero-order valence-corrected chi connectivity index (χ0v) is 9.99. The lowest BCUT2D eigenvalue weighted by Crippen LogP contribution is -2.33. The molecule has 1 aromatic rings. The number of hydrogen-bond donors (Lipinski definition) is 2. The molecule has 2 unspecified atom stereocenters. The minimum absolute atomic E-state index is 0.399. The van der Waals surface area contributed by atoms with E-state index in [-0.39, 0.29) is 0 Å². The minimum Gasteiger partial charge on any atom is -0.497 e. The molecule has 1 fully saturated rings. The molecule has 1 heterocycles. The smallest absolute Gasteiger partial charge is 0.118 e. The average molecular weight is 220 g/mol. The highest BCUT2D eigenvalue weighted by atomic mass is 16.5. The van der Waals surface area contributed by atoms with Crippen molar-refractivity contribution in [3.8, 4) is 5.75 Å². The normalized spacial score (nSPS) is 22.0. The van der Waals surface area contributed by atoms with E-state index in [1.807, 2.05) is 12.1 Å². The monoisotopic (exact) mass is 220 g/mol. The molecule has 1 aliphatic heterocycles. The molecule has 3 heteroatoms. The van der Waals surface area contributed by atoms with E-state index in [0.717, 1.165) is 18.8 Å². The second-order valence-electron chi connectivity index (χ2n) is 4.35. The Balaban J connectivity index is 1.94. The molecule has 1 saturated heterocycles. The second kappa shape index (κ2) is 5.32. The van der Waals surface area contributed by atoms with Crippen molar-refractivity contribution in [3.63, 3.8) is 0 Å². The molecule has 0 aliphatic carbocycles. The van der Waals surface area contributed by atoms with Crippen molar-refractivity contribution < 1.29 is 4.74 Å². The van der Waals surface area contributed by atoms with Gasteiger partial charge < -0.3 is 15.4 Å². The molecule has 0 radical (unpaired) electrons. The third kappa shape index (κ3) is 2.74. The first-order valence-corrected chi connectivity index (χ1v) is 5.90. The number of ether oxygens (including phenoxy) is 1. The quantitative estimate of drug-likeness (QED) is 0.810. The Hall–Kier alpha value is -1.06. The van der Waals surface area contributed by atoms with Crippen LogP contribution in [0.3, 0.4) is 0 Å². The fraction of sp³-hybridized carbons (Fsp3) is 0.538. The molecule has 1 aliphatic rings. The third-order valence-electron chi connectivity index (χ3n) is 3.16. The van der Waals surface area contributed by atoms with Crippen LogP contribution in [0.2, 0.25) is 0 Å². The zero-order chi connectivity index (χ0) is 11.4. The Bertz CT molecular complexity index is 317. The first kappa shape index (κ1) is 11.4. The molecular weight excluding hydrogens is 200 g/mol. The lowest BCUT2D eigenvalue weighted by Gasteiger charge is -2.19. The van der Waals surface area contributed by atoms with Crippen molar-refractivity contribution >= 4 is 0 Å². The molecule has 2 atom stereocenters. The summed E-state index contributed by atoms with van der Waals surface area (Å²) >= 11 is 0. The Morgan fingerprint density at radius 3 is 2.69 bits per heavy atom. The molecule has 88 valence electrons. The SMILES string of the molecule is COc1ccc(C(C)NC2CCNC2)cc1. The van der Waals surface area contributed by atoms with Crippen molar-refractivity contribution in [3.05, 3.63) is 29.8 Å². The number of nitrogens with one attached hydrogen (secondary N) is 2. The highest BCUT2D eigenvalue weighted by Gasteiger charge is 2.16. The summed E-state index contributed by atoms with van der Waals surface area (Å²) in [6, 6.07) is 9.28. The summed E-state index contributed by atoms with van der Waals surface area (Å²) in [5.41, 5.74) is 1.31. The van der Waals surface area contributed by atoms with Crippen LogP contribution in [0, 0.1) is 0 Å². The summed E-state index contributed by atoms with van der Waals surface area (Å²) in [6.07, 6.45) is 1.22. The van der Waals surface area contributed by atoms with Crippen molar-refractivity contribution in [1.29, 1.82) is 0 Å². The summed E-state index contributed by atoms with van der Waals surface area (Å²) < 4.78 is 5.15. The van der Waals surface area contributed by atoms with Gasteiger partial charge in [0.1, 0.15) is 5.75 Å². The summed E-state index contributed by atoms with van der Waals surface area (Å²) in [4.78, 5) is 0.